The lowest BCUT2D eigenvalue weighted by Gasteiger charge is -2.29. The molecule has 2 rings (SSSR count). The maximum Gasteiger partial charge on any atom is 0.332 e. The van der Waals surface area contributed by atoms with Gasteiger partial charge in [-0.2, -0.15) is 0 Å². The number of unbranched alkanes of at least 4 members (excludes halogenated alkanes) is 2. The van der Waals surface area contributed by atoms with Gasteiger partial charge in [0.05, 0.1) is 17.2 Å². The zero-order chi connectivity index (χ0) is 28.4. The molecule has 38 heavy (non-hydrogen) atoms. The van der Waals surface area contributed by atoms with E-state index in [0.717, 1.165) is 12.8 Å². The molecular formula is C27H38N2O9. The van der Waals surface area contributed by atoms with Crippen LogP contribution in [0.25, 0.3) is 0 Å². The maximum atomic E-state index is 13.3. The van der Waals surface area contributed by atoms with Crippen molar-refractivity contribution in [3.05, 3.63) is 23.8 Å². The van der Waals surface area contributed by atoms with Crippen LogP contribution in [0.3, 0.4) is 0 Å². The SMILES string of the molecule is CCCCC[C@H]1C(=O)O[C@@H](C)[C@H](NC(=O)c2cccc(NC=O)c2O)C(=O)O[C@H](C)[C@@H]1OC(=O)CC(C)C. The number of cyclic esters (lactones) is 2. The minimum Gasteiger partial charge on any atom is -0.505 e. The molecule has 1 saturated heterocycles. The molecule has 5 atom stereocenters. The normalized spacial score (nSPS) is 23.8. The van der Waals surface area contributed by atoms with Crippen molar-refractivity contribution < 1.29 is 43.3 Å². The number of amides is 2. The van der Waals surface area contributed by atoms with Crippen molar-refractivity contribution in [2.75, 3.05) is 5.32 Å². The number of phenolic OH excluding ortho intramolecular Hbond substituents is 1. The molecule has 1 aliphatic heterocycles. The van der Waals surface area contributed by atoms with Gasteiger partial charge in [-0.3, -0.25) is 19.2 Å². The van der Waals surface area contributed by atoms with Gasteiger partial charge in [0.15, 0.2) is 17.9 Å². The van der Waals surface area contributed by atoms with Crippen LogP contribution in [0.4, 0.5) is 5.69 Å². The molecule has 0 spiro atoms. The highest BCUT2D eigenvalue weighted by molar-refractivity contribution is 6.01. The number of carbonyl (C=O) groups excluding carboxylic acids is 5. The number of nitrogens with one attached hydrogen (secondary N) is 2. The number of anilines is 1. The minimum absolute atomic E-state index is 0.00114. The van der Waals surface area contributed by atoms with E-state index >= 15 is 0 Å². The number of hydrogen-bond donors (Lipinski definition) is 3. The van der Waals surface area contributed by atoms with Crippen molar-refractivity contribution in [2.24, 2.45) is 11.8 Å². The van der Waals surface area contributed by atoms with Crippen molar-refractivity contribution in [3.8, 4) is 5.75 Å². The number of aromatic hydroxyl groups is 1. The first-order valence-corrected chi connectivity index (χ1v) is 12.9. The van der Waals surface area contributed by atoms with Gasteiger partial charge in [0.1, 0.15) is 12.2 Å². The van der Waals surface area contributed by atoms with Crippen LogP contribution >= 0.6 is 0 Å². The predicted molar refractivity (Wildman–Crippen MR) is 137 cm³/mol. The summed E-state index contributed by atoms with van der Waals surface area (Å²) >= 11 is 0. The number of ether oxygens (including phenoxy) is 3. The van der Waals surface area contributed by atoms with Crippen LogP contribution in [0.1, 0.15) is 77.1 Å². The fourth-order valence-corrected chi connectivity index (χ4v) is 4.22. The summed E-state index contributed by atoms with van der Waals surface area (Å²) in [7, 11) is 0. The summed E-state index contributed by atoms with van der Waals surface area (Å²) in [6, 6.07) is 2.71. The first-order valence-electron chi connectivity index (χ1n) is 12.9. The Bertz CT molecular complexity index is 1010. The molecule has 11 nitrogen and oxygen atoms in total. The van der Waals surface area contributed by atoms with Gasteiger partial charge < -0.3 is 30.0 Å². The van der Waals surface area contributed by atoms with Gasteiger partial charge in [-0.15, -0.1) is 0 Å². The fourth-order valence-electron chi connectivity index (χ4n) is 4.22. The van der Waals surface area contributed by atoms with E-state index in [0.29, 0.717) is 19.3 Å². The minimum atomic E-state index is -1.42. The number of benzene rings is 1. The fraction of sp³-hybridized carbons (Fsp3) is 0.593. The van der Waals surface area contributed by atoms with Crippen LogP contribution < -0.4 is 10.6 Å². The molecule has 0 unspecified atom stereocenters. The first-order chi connectivity index (χ1) is 18.0. The zero-order valence-corrected chi connectivity index (χ0v) is 22.5. The van der Waals surface area contributed by atoms with E-state index in [1.807, 2.05) is 20.8 Å². The van der Waals surface area contributed by atoms with Gasteiger partial charge >= 0.3 is 17.9 Å². The van der Waals surface area contributed by atoms with Crippen LogP contribution in [0.2, 0.25) is 0 Å². The van der Waals surface area contributed by atoms with E-state index in [1.165, 1.54) is 32.0 Å². The third kappa shape index (κ3) is 8.19. The molecule has 0 aliphatic carbocycles. The molecule has 0 saturated carbocycles. The largest absolute Gasteiger partial charge is 0.505 e. The van der Waals surface area contributed by atoms with E-state index in [4.69, 9.17) is 14.2 Å². The van der Waals surface area contributed by atoms with E-state index in [9.17, 15) is 29.1 Å². The Hall–Kier alpha value is -3.63. The maximum absolute atomic E-state index is 13.3. The lowest BCUT2D eigenvalue weighted by Crippen LogP contribution is -2.50. The lowest BCUT2D eigenvalue weighted by atomic mass is 9.92. The van der Waals surface area contributed by atoms with Gasteiger partial charge in [0, 0.05) is 6.42 Å². The number of hydrogen-bond acceptors (Lipinski definition) is 9. The zero-order valence-electron chi connectivity index (χ0n) is 22.5. The average Bonchev–Trinajstić information content (AvgIpc) is 2.86. The molecule has 0 radical (unpaired) electrons. The molecule has 0 aromatic heterocycles. The molecule has 1 aliphatic rings. The topological polar surface area (TPSA) is 157 Å². The third-order valence-corrected chi connectivity index (χ3v) is 6.23. The summed E-state index contributed by atoms with van der Waals surface area (Å²) in [5.74, 6) is -4.27. The summed E-state index contributed by atoms with van der Waals surface area (Å²) in [6.07, 6.45) is 0.0639. The van der Waals surface area contributed by atoms with Crippen molar-refractivity contribution >= 4 is 35.9 Å². The Morgan fingerprint density at radius 2 is 1.79 bits per heavy atom. The van der Waals surface area contributed by atoms with Crippen molar-refractivity contribution in [2.45, 2.75) is 91.1 Å². The third-order valence-electron chi connectivity index (χ3n) is 6.23. The monoisotopic (exact) mass is 534 g/mol. The number of rotatable bonds is 11. The Kier molecular flexibility index (Phi) is 11.5. The van der Waals surface area contributed by atoms with Crippen LogP contribution in [0.5, 0.6) is 5.75 Å². The Labute approximate surface area is 222 Å². The second-order valence-electron chi connectivity index (χ2n) is 9.85. The molecule has 1 aromatic carbocycles. The molecule has 2 amide bonds. The second kappa shape index (κ2) is 14.3. The van der Waals surface area contributed by atoms with E-state index in [2.05, 4.69) is 10.6 Å². The van der Waals surface area contributed by atoms with Gasteiger partial charge in [-0.05, 0) is 38.3 Å². The molecular weight excluding hydrogens is 496 g/mol. The van der Waals surface area contributed by atoms with Gasteiger partial charge in [-0.1, -0.05) is 46.1 Å². The molecule has 1 aromatic rings. The number of esters is 3. The Morgan fingerprint density at radius 1 is 1.11 bits per heavy atom. The Balaban J connectivity index is 2.34. The quantitative estimate of drug-likeness (QED) is 0.128. The van der Waals surface area contributed by atoms with Gasteiger partial charge in [0.2, 0.25) is 6.41 Å². The standard InChI is InChI=1S/C27H38N2O9/c1-6-7-8-10-19-24(38-21(31)13-15(2)3)17(5)37-27(35)22(16(4)36-26(19)34)29-25(33)18-11-9-12-20(23(18)32)28-14-30/h9,11-12,14-17,19,22,24,32H,6-8,10,13H2,1-5H3,(H,28,30)(H,29,33)/t16-,17+,19+,22-,24-/m0/s1. The van der Waals surface area contributed by atoms with Crippen LogP contribution in [-0.4, -0.2) is 59.7 Å². The highest BCUT2D eigenvalue weighted by Crippen LogP contribution is 2.29. The highest BCUT2D eigenvalue weighted by atomic mass is 16.6. The first kappa shape index (κ1) is 30.6. The summed E-state index contributed by atoms with van der Waals surface area (Å²) in [4.78, 5) is 62.7. The number of carbonyl (C=O) groups is 5. The van der Waals surface area contributed by atoms with Crippen LogP contribution in [0.15, 0.2) is 18.2 Å². The predicted octanol–water partition coefficient (Wildman–Crippen LogP) is 3.09. The summed E-state index contributed by atoms with van der Waals surface area (Å²) in [6.45, 7) is 8.70. The van der Waals surface area contributed by atoms with E-state index < -0.39 is 59.8 Å². The molecule has 1 fully saturated rings. The highest BCUT2D eigenvalue weighted by Gasteiger charge is 2.43. The summed E-state index contributed by atoms with van der Waals surface area (Å²) in [5, 5.41) is 15.1. The number of para-hydroxylation sites is 1. The van der Waals surface area contributed by atoms with E-state index in [1.54, 1.807) is 0 Å². The van der Waals surface area contributed by atoms with Crippen molar-refractivity contribution in [3.63, 3.8) is 0 Å². The second-order valence-corrected chi connectivity index (χ2v) is 9.85. The Morgan fingerprint density at radius 3 is 2.42 bits per heavy atom. The number of phenols is 1. The smallest absolute Gasteiger partial charge is 0.332 e. The molecule has 11 heteroatoms. The molecule has 3 N–H and O–H groups in total. The summed E-state index contributed by atoms with van der Waals surface area (Å²) < 4.78 is 16.9. The van der Waals surface area contributed by atoms with Crippen LogP contribution in [0, 0.1) is 11.8 Å². The summed E-state index contributed by atoms with van der Waals surface area (Å²) in [5.41, 5.74) is -0.215. The molecule has 0 bridgehead atoms. The molecule has 210 valence electrons. The lowest BCUT2D eigenvalue weighted by molar-refractivity contribution is -0.175. The van der Waals surface area contributed by atoms with Crippen molar-refractivity contribution in [1.29, 1.82) is 0 Å². The van der Waals surface area contributed by atoms with Gasteiger partial charge in [0.25, 0.3) is 5.91 Å². The van der Waals surface area contributed by atoms with E-state index in [-0.39, 0.29) is 23.6 Å². The van der Waals surface area contributed by atoms with Crippen LogP contribution in [-0.2, 0) is 33.4 Å². The van der Waals surface area contributed by atoms with Gasteiger partial charge in [-0.25, -0.2) is 4.79 Å². The van der Waals surface area contributed by atoms with Crippen molar-refractivity contribution in [1.82, 2.24) is 5.32 Å². The average molecular weight is 535 g/mol. The molecule has 1 heterocycles.